The van der Waals surface area contributed by atoms with Gasteiger partial charge < -0.3 is 9.15 Å². The van der Waals surface area contributed by atoms with Gasteiger partial charge in [-0.2, -0.15) is 4.80 Å². The van der Waals surface area contributed by atoms with Crippen molar-refractivity contribution in [3.05, 3.63) is 35.5 Å². The fourth-order valence-corrected chi connectivity index (χ4v) is 2.80. The Balaban J connectivity index is 1.61. The van der Waals surface area contributed by atoms with Crippen LogP contribution in [0.25, 0.3) is 11.4 Å². The molecule has 1 aromatic carbocycles. The number of aryl methyl sites for hydroxylation is 3. The van der Waals surface area contributed by atoms with Gasteiger partial charge in [0.1, 0.15) is 5.75 Å². The number of ether oxygens (including phenoxy) is 1. The fraction of sp³-hybridized carbons (Fsp3) is 0.526. The van der Waals surface area contributed by atoms with Crippen molar-refractivity contribution in [1.82, 2.24) is 30.4 Å². The molecule has 0 fully saturated rings. The van der Waals surface area contributed by atoms with Crippen LogP contribution < -0.4 is 4.74 Å². The predicted octanol–water partition coefficient (Wildman–Crippen LogP) is 3.44. The van der Waals surface area contributed by atoms with Gasteiger partial charge in [-0.1, -0.05) is 13.8 Å². The first kappa shape index (κ1) is 19.0. The molecule has 27 heavy (non-hydrogen) atoms. The monoisotopic (exact) mass is 370 g/mol. The summed E-state index contributed by atoms with van der Waals surface area (Å²) in [5.41, 5.74) is 2.08. The Morgan fingerprint density at radius 1 is 1.11 bits per heavy atom. The molecule has 0 aliphatic carbocycles. The number of rotatable bonds is 9. The van der Waals surface area contributed by atoms with Gasteiger partial charge in [0.15, 0.2) is 0 Å². The summed E-state index contributed by atoms with van der Waals surface area (Å²) in [5, 5.41) is 20.7. The number of tetrazole rings is 1. The van der Waals surface area contributed by atoms with Gasteiger partial charge in [-0.15, -0.1) is 20.4 Å². The second kappa shape index (κ2) is 8.75. The molecule has 0 aliphatic rings. The summed E-state index contributed by atoms with van der Waals surface area (Å²) in [6.45, 7) is 6.78. The third-order valence-electron chi connectivity index (χ3n) is 4.34. The van der Waals surface area contributed by atoms with Gasteiger partial charge in [-0.25, -0.2) is 0 Å². The molecule has 0 bridgehead atoms. The number of benzene rings is 1. The van der Waals surface area contributed by atoms with Crippen molar-refractivity contribution in [3.8, 4) is 17.1 Å². The van der Waals surface area contributed by atoms with Crippen molar-refractivity contribution in [3.63, 3.8) is 0 Å². The summed E-state index contributed by atoms with van der Waals surface area (Å²) in [7, 11) is 1.69. The van der Waals surface area contributed by atoms with Crippen molar-refractivity contribution in [1.29, 1.82) is 0 Å². The van der Waals surface area contributed by atoms with Crippen LogP contribution in [0.4, 0.5) is 0 Å². The van der Waals surface area contributed by atoms with Crippen LogP contribution in [0.3, 0.4) is 0 Å². The Morgan fingerprint density at radius 2 is 1.93 bits per heavy atom. The molecule has 8 nitrogen and oxygen atoms in total. The first-order chi connectivity index (χ1) is 13.1. The van der Waals surface area contributed by atoms with E-state index in [-0.39, 0.29) is 5.92 Å². The summed E-state index contributed by atoms with van der Waals surface area (Å²) < 4.78 is 11.2. The van der Waals surface area contributed by atoms with E-state index in [2.05, 4.69) is 31.7 Å². The van der Waals surface area contributed by atoms with E-state index < -0.39 is 0 Å². The third-order valence-corrected chi connectivity index (χ3v) is 4.34. The molecule has 3 aromatic rings. The molecule has 0 saturated carbocycles. The Hall–Kier alpha value is -2.77. The van der Waals surface area contributed by atoms with Crippen LogP contribution in [0.2, 0.25) is 0 Å². The lowest BCUT2D eigenvalue weighted by Gasteiger charge is -2.09. The minimum absolute atomic E-state index is 0.262. The van der Waals surface area contributed by atoms with E-state index in [0.717, 1.165) is 42.6 Å². The number of unbranched alkanes of at least 4 members (excludes halogenated alkanes) is 1. The first-order valence-electron chi connectivity index (χ1n) is 9.38. The van der Waals surface area contributed by atoms with Crippen LogP contribution in [0.1, 0.15) is 56.9 Å². The second-order valence-corrected chi connectivity index (χ2v) is 6.72. The minimum Gasteiger partial charge on any atom is -0.496 e. The predicted molar refractivity (Wildman–Crippen MR) is 101 cm³/mol. The van der Waals surface area contributed by atoms with Crippen LogP contribution >= 0.6 is 0 Å². The topological polar surface area (TPSA) is 91.8 Å². The van der Waals surface area contributed by atoms with Crippen molar-refractivity contribution in [2.75, 3.05) is 7.11 Å². The van der Waals surface area contributed by atoms with Gasteiger partial charge in [0.05, 0.1) is 13.7 Å². The number of hydrogen-bond donors (Lipinski definition) is 0. The quantitative estimate of drug-likeness (QED) is 0.533. The number of methoxy groups -OCH3 is 1. The Labute approximate surface area is 158 Å². The maximum Gasteiger partial charge on any atom is 0.219 e. The SMILES string of the molecule is CCn1nnc(-c2ccc(OC)c(CCCCc3nnc(C(C)C)o3)c2)n1. The summed E-state index contributed by atoms with van der Waals surface area (Å²) in [4.78, 5) is 1.58. The fourth-order valence-electron chi connectivity index (χ4n) is 2.80. The Bertz CT molecular complexity index is 871. The molecule has 2 aromatic heterocycles. The van der Waals surface area contributed by atoms with Gasteiger partial charge in [0, 0.05) is 17.9 Å². The number of hydrogen-bond acceptors (Lipinski definition) is 7. The van der Waals surface area contributed by atoms with Gasteiger partial charge in [0.2, 0.25) is 17.6 Å². The molecule has 0 atom stereocenters. The number of nitrogens with zero attached hydrogens (tertiary/aromatic N) is 6. The highest BCUT2D eigenvalue weighted by atomic mass is 16.5. The van der Waals surface area contributed by atoms with E-state index >= 15 is 0 Å². The van der Waals surface area contributed by atoms with Gasteiger partial charge in [0.25, 0.3) is 0 Å². The summed E-state index contributed by atoms with van der Waals surface area (Å²) >= 11 is 0. The largest absolute Gasteiger partial charge is 0.496 e. The zero-order chi connectivity index (χ0) is 19.2. The minimum atomic E-state index is 0.262. The standard InChI is InChI=1S/C19H26N6O2/c1-5-25-23-18(21-24-25)15-10-11-16(26-4)14(12-15)8-6-7-9-17-20-22-19(27-17)13(2)3/h10-13H,5-9H2,1-4H3. The van der Waals surface area contributed by atoms with E-state index in [1.807, 2.05) is 32.9 Å². The smallest absolute Gasteiger partial charge is 0.219 e. The zero-order valence-corrected chi connectivity index (χ0v) is 16.3. The van der Waals surface area contributed by atoms with Crippen LogP contribution in [0, 0.1) is 0 Å². The zero-order valence-electron chi connectivity index (χ0n) is 16.3. The average Bonchev–Trinajstić information content (AvgIpc) is 3.34. The average molecular weight is 370 g/mol. The van der Waals surface area contributed by atoms with E-state index in [1.165, 1.54) is 0 Å². The maximum absolute atomic E-state index is 5.66. The molecule has 144 valence electrons. The van der Waals surface area contributed by atoms with Crippen LogP contribution in [-0.2, 0) is 19.4 Å². The lowest BCUT2D eigenvalue weighted by molar-refractivity contribution is 0.408. The first-order valence-corrected chi connectivity index (χ1v) is 9.38. The molecular weight excluding hydrogens is 344 g/mol. The van der Waals surface area contributed by atoms with E-state index in [0.29, 0.717) is 24.2 Å². The molecule has 3 rings (SSSR count). The molecular formula is C19H26N6O2. The molecule has 0 radical (unpaired) electrons. The molecule has 8 heteroatoms. The summed E-state index contributed by atoms with van der Waals surface area (Å²) in [6.07, 6.45) is 3.64. The number of aromatic nitrogens is 6. The molecule has 0 amide bonds. The van der Waals surface area contributed by atoms with Crippen LogP contribution in [-0.4, -0.2) is 37.5 Å². The molecule has 0 N–H and O–H groups in total. The third kappa shape index (κ3) is 4.69. The molecule has 0 unspecified atom stereocenters. The van der Waals surface area contributed by atoms with Crippen molar-refractivity contribution in [2.24, 2.45) is 0 Å². The lowest BCUT2D eigenvalue weighted by Crippen LogP contribution is -1.98. The molecule has 0 saturated heterocycles. The van der Waals surface area contributed by atoms with Gasteiger partial charge in [-0.05, 0) is 55.2 Å². The lowest BCUT2D eigenvalue weighted by atomic mass is 10.0. The Morgan fingerprint density at radius 3 is 2.59 bits per heavy atom. The summed E-state index contributed by atoms with van der Waals surface area (Å²) in [6, 6.07) is 6.01. The van der Waals surface area contributed by atoms with Gasteiger partial charge >= 0.3 is 0 Å². The second-order valence-electron chi connectivity index (χ2n) is 6.72. The highest BCUT2D eigenvalue weighted by molar-refractivity contribution is 5.58. The maximum atomic E-state index is 5.66. The van der Waals surface area contributed by atoms with Crippen molar-refractivity contribution < 1.29 is 9.15 Å². The Kier molecular flexibility index (Phi) is 6.16. The van der Waals surface area contributed by atoms with Crippen LogP contribution in [0.5, 0.6) is 5.75 Å². The normalized spacial score (nSPS) is 11.3. The van der Waals surface area contributed by atoms with E-state index in [4.69, 9.17) is 9.15 Å². The molecule has 2 heterocycles. The highest BCUT2D eigenvalue weighted by Crippen LogP contribution is 2.26. The van der Waals surface area contributed by atoms with Crippen molar-refractivity contribution >= 4 is 0 Å². The van der Waals surface area contributed by atoms with Crippen LogP contribution in [0.15, 0.2) is 22.6 Å². The molecule has 0 aliphatic heterocycles. The molecule has 0 spiro atoms. The van der Waals surface area contributed by atoms with E-state index in [1.54, 1.807) is 11.9 Å². The van der Waals surface area contributed by atoms with Gasteiger partial charge in [-0.3, -0.25) is 0 Å². The van der Waals surface area contributed by atoms with E-state index in [9.17, 15) is 0 Å². The van der Waals surface area contributed by atoms with Crippen molar-refractivity contribution in [2.45, 2.75) is 58.9 Å². The highest BCUT2D eigenvalue weighted by Gasteiger charge is 2.12. The summed E-state index contributed by atoms with van der Waals surface area (Å²) in [5.74, 6) is 3.18.